The minimum absolute atomic E-state index is 0.0574. The average molecular weight is 453 g/mol. The summed E-state index contributed by atoms with van der Waals surface area (Å²) in [6.07, 6.45) is -4.64. The highest BCUT2D eigenvalue weighted by atomic mass is 35.5. The zero-order valence-corrected chi connectivity index (χ0v) is 17.1. The Morgan fingerprint density at radius 1 is 1.10 bits per heavy atom. The molecule has 0 radical (unpaired) electrons. The first kappa shape index (κ1) is 20.4. The molecule has 0 N–H and O–H groups in total. The van der Waals surface area contributed by atoms with Gasteiger partial charge in [0.2, 0.25) is 0 Å². The van der Waals surface area contributed by atoms with Crippen molar-refractivity contribution in [2.75, 3.05) is 4.90 Å². The fourth-order valence-electron chi connectivity index (χ4n) is 3.09. The van der Waals surface area contributed by atoms with Crippen molar-refractivity contribution in [2.45, 2.75) is 23.2 Å². The normalized spacial score (nSPS) is 13.9. The van der Waals surface area contributed by atoms with Gasteiger partial charge < -0.3 is 0 Å². The highest BCUT2D eigenvalue weighted by Crippen LogP contribution is 2.37. The Kier molecular flexibility index (Phi) is 4.86. The maximum absolute atomic E-state index is 12.8. The number of halogens is 4. The second-order valence-corrected chi connectivity index (χ2v) is 7.95. The number of amides is 2. The topological polar surface area (TPSA) is 68.1 Å². The second kappa shape index (κ2) is 7.13. The van der Waals surface area contributed by atoms with Crippen LogP contribution < -0.4 is 4.90 Å². The van der Waals surface area contributed by atoms with Gasteiger partial charge in [-0.3, -0.25) is 9.59 Å². The summed E-state index contributed by atoms with van der Waals surface area (Å²) in [6.45, 7) is 1.70. The highest BCUT2D eigenvalue weighted by molar-refractivity contribution is 7.99. The molecule has 1 aliphatic rings. The van der Waals surface area contributed by atoms with Crippen LogP contribution in [0.2, 0.25) is 5.02 Å². The van der Waals surface area contributed by atoms with E-state index in [0.717, 1.165) is 21.3 Å². The Bertz CT molecular complexity index is 1210. The molecular weight excluding hydrogens is 441 g/mol. The predicted molar refractivity (Wildman–Crippen MR) is 104 cm³/mol. The Morgan fingerprint density at radius 2 is 1.83 bits per heavy atom. The molecule has 0 aliphatic carbocycles. The van der Waals surface area contributed by atoms with E-state index in [1.165, 1.54) is 19.2 Å². The molecule has 1 aliphatic heterocycles. The number of hydrogen-bond acceptors (Lipinski definition) is 5. The van der Waals surface area contributed by atoms with Gasteiger partial charge in [0.05, 0.1) is 21.8 Å². The second-order valence-electron chi connectivity index (χ2n) is 6.50. The molecule has 6 nitrogen and oxygen atoms in total. The molecule has 0 spiro atoms. The minimum Gasteiger partial charge on any atom is -0.268 e. The van der Waals surface area contributed by atoms with E-state index in [1.807, 2.05) is 0 Å². The molecule has 0 unspecified atom stereocenters. The van der Waals surface area contributed by atoms with E-state index in [2.05, 4.69) is 10.1 Å². The Labute approximate surface area is 177 Å². The van der Waals surface area contributed by atoms with Gasteiger partial charge in [-0.25, -0.2) is 9.58 Å². The predicted octanol–water partition coefficient (Wildman–Crippen LogP) is 4.75. The maximum atomic E-state index is 12.8. The van der Waals surface area contributed by atoms with Crippen molar-refractivity contribution in [1.29, 1.82) is 0 Å². The van der Waals surface area contributed by atoms with Gasteiger partial charge in [0.15, 0.2) is 5.16 Å². The Balaban J connectivity index is 1.64. The number of aryl methyl sites for hydroxylation is 2. The lowest BCUT2D eigenvalue weighted by Gasteiger charge is -2.17. The number of carbonyl (C=O) groups is 2. The summed E-state index contributed by atoms with van der Waals surface area (Å²) in [5.41, 5.74) is 1.34. The summed E-state index contributed by atoms with van der Waals surface area (Å²) in [5.74, 6) is -2.22. The van der Waals surface area contributed by atoms with Crippen LogP contribution in [0.3, 0.4) is 0 Å². The summed E-state index contributed by atoms with van der Waals surface area (Å²) in [7, 11) is 1.37. The van der Waals surface area contributed by atoms with Gasteiger partial charge in [0.25, 0.3) is 17.6 Å². The molecule has 154 valence electrons. The SMILES string of the molecule is Cc1cc(Sc2nc(C(F)(F)F)nn2C)ccc1N1C(=O)c2cccc(Cl)c2C1=O. The molecule has 0 saturated heterocycles. The van der Waals surface area contributed by atoms with Crippen molar-refractivity contribution in [1.82, 2.24) is 14.8 Å². The zero-order valence-electron chi connectivity index (χ0n) is 15.5. The molecule has 1 aromatic heterocycles. The van der Waals surface area contributed by atoms with Gasteiger partial charge in [-0.1, -0.05) is 29.4 Å². The smallest absolute Gasteiger partial charge is 0.268 e. The quantitative estimate of drug-likeness (QED) is 0.536. The maximum Gasteiger partial charge on any atom is 0.453 e. The molecule has 2 aromatic carbocycles. The van der Waals surface area contributed by atoms with Crippen LogP contribution in [0.15, 0.2) is 46.5 Å². The van der Waals surface area contributed by atoms with Crippen LogP contribution in [0.25, 0.3) is 0 Å². The van der Waals surface area contributed by atoms with Crippen LogP contribution in [0, 0.1) is 6.92 Å². The van der Waals surface area contributed by atoms with Crippen LogP contribution in [0.1, 0.15) is 32.1 Å². The lowest BCUT2D eigenvalue weighted by atomic mass is 10.1. The van der Waals surface area contributed by atoms with Crippen molar-refractivity contribution in [2.24, 2.45) is 7.05 Å². The van der Waals surface area contributed by atoms with Crippen molar-refractivity contribution in [3.63, 3.8) is 0 Å². The molecule has 11 heteroatoms. The van der Waals surface area contributed by atoms with Crippen molar-refractivity contribution in [3.8, 4) is 0 Å². The number of benzene rings is 2. The first-order valence-corrected chi connectivity index (χ1v) is 9.71. The molecule has 0 atom stereocenters. The number of imide groups is 1. The third-order valence-electron chi connectivity index (χ3n) is 4.46. The average Bonchev–Trinajstić information content (AvgIpc) is 3.15. The first-order valence-electron chi connectivity index (χ1n) is 8.52. The molecule has 0 fully saturated rings. The van der Waals surface area contributed by atoms with Gasteiger partial charge in [0.1, 0.15) is 0 Å². The first-order chi connectivity index (χ1) is 14.1. The van der Waals surface area contributed by atoms with Crippen molar-refractivity contribution in [3.05, 3.63) is 63.9 Å². The number of rotatable bonds is 3. The number of anilines is 1. The highest BCUT2D eigenvalue weighted by Gasteiger charge is 2.39. The van der Waals surface area contributed by atoms with E-state index >= 15 is 0 Å². The zero-order chi connectivity index (χ0) is 21.8. The van der Waals surface area contributed by atoms with Gasteiger partial charge >= 0.3 is 6.18 Å². The van der Waals surface area contributed by atoms with E-state index < -0.39 is 23.8 Å². The number of aromatic nitrogens is 3. The fraction of sp³-hybridized carbons (Fsp3) is 0.158. The molecule has 0 saturated carbocycles. The van der Waals surface area contributed by atoms with Crippen LogP contribution in [0.4, 0.5) is 18.9 Å². The third kappa shape index (κ3) is 3.35. The Morgan fingerprint density at radius 3 is 2.43 bits per heavy atom. The summed E-state index contributed by atoms with van der Waals surface area (Å²) in [6, 6.07) is 9.49. The van der Waals surface area contributed by atoms with E-state index in [0.29, 0.717) is 16.1 Å². The summed E-state index contributed by atoms with van der Waals surface area (Å²) < 4.78 is 39.4. The number of carbonyl (C=O) groups excluding carboxylic acids is 2. The molecular formula is C19H12ClF3N4O2S. The molecule has 30 heavy (non-hydrogen) atoms. The van der Waals surface area contributed by atoms with Gasteiger partial charge in [0, 0.05) is 11.9 Å². The van der Waals surface area contributed by atoms with Crippen LogP contribution in [0.5, 0.6) is 0 Å². The summed E-state index contributed by atoms with van der Waals surface area (Å²) in [5, 5.41) is 3.63. The summed E-state index contributed by atoms with van der Waals surface area (Å²) >= 11 is 7.08. The monoisotopic (exact) mass is 452 g/mol. The van der Waals surface area contributed by atoms with Crippen LogP contribution in [-0.4, -0.2) is 26.6 Å². The van der Waals surface area contributed by atoms with E-state index in [1.54, 1.807) is 31.2 Å². The van der Waals surface area contributed by atoms with Gasteiger partial charge in [-0.2, -0.15) is 18.2 Å². The van der Waals surface area contributed by atoms with E-state index in [4.69, 9.17) is 11.6 Å². The van der Waals surface area contributed by atoms with E-state index in [-0.39, 0.29) is 21.3 Å². The van der Waals surface area contributed by atoms with Crippen molar-refractivity contribution >= 4 is 40.9 Å². The van der Waals surface area contributed by atoms with Crippen LogP contribution >= 0.6 is 23.4 Å². The molecule has 3 aromatic rings. The molecule has 2 amide bonds. The largest absolute Gasteiger partial charge is 0.453 e. The lowest BCUT2D eigenvalue weighted by Crippen LogP contribution is -2.30. The van der Waals surface area contributed by atoms with Crippen LogP contribution in [-0.2, 0) is 13.2 Å². The standard InChI is InChI=1S/C19H12ClF3N4O2S/c1-9-8-10(30-18-24-17(19(21,22)23)25-26(18)2)6-7-13(9)27-15(28)11-4-3-5-12(20)14(11)16(27)29/h3-8H,1-2H3. The lowest BCUT2D eigenvalue weighted by molar-refractivity contribution is -0.145. The minimum atomic E-state index is -4.64. The number of hydrogen-bond donors (Lipinski definition) is 0. The van der Waals surface area contributed by atoms with Gasteiger partial charge in [-0.05, 0) is 42.8 Å². The fourth-order valence-corrected chi connectivity index (χ4v) is 4.23. The number of fused-ring (bicyclic) bond motifs is 1. The molecule has 0 bridgehead atoms. The van der Waals surface area contributed by atoms with E-state index in [9.17, 15) is 22.8 Å². The van der Waals surface area contributed by atoms with Crippen molar-refractivity contribution < 1.29 is 22.8 Å². The Hall–Kier alpha value is -2.85. The number of nitrogens with zero attached hydrogens (tertiary/aromatic N) is 4. The third-order valence-corrected chi connectivity index (χ3v) is 5.80. The number of alkyl halides is 3. The van der Waals surface area contributed by atoms with Gasteiger partial charge in [-0.15, -0.1) is 5.10 Å². The molecule has 4 rings (SSSR count). The molecule has 2 heterocycles. The summed E-state index contributed by atoms with van der Waals surface area (Å²) in [4.78, 5) is 30.7.